The van der Waals surface area contributed by atoms with Crippen LogP contribution in [0.15, 0.2) is 83.9 Å². The van der Waals surface area contributed by atoms with E-state index in [2.05, 4.69) is 46.7 Å². The molecule has 0 saturated carbocycles. The van der Waals surface area contributed by atoms with Crippen molar-refractivity contribution in [1.29, 1.82) is 0 Å². The van der Waals surface area contributed by atoms with E-state index in [1.807, 2.05) is 57.2 Å². The molecular formula is C27H29NO2S. The van der Waals surface area contributed by atoms with Crippen LogP contribution in [-0.4, -0.2) is 16.5 Å². The van der Waals surface area contributed by atoms with Gasteiger partial charge in [-0.15, -0.1) is 11.3 Å². The van der Waals surface area contributed by atoms with Crippen LogP contribution >= 0.6 is 11.3 Å². The van der Waals surface area contributed by atoms with Gasteiger partial charge in [-0.3, -0.25) is 0 Å². The number of carbonyl (C=O) groups is 1. The molecule has 4 heteroatoms. The molecule has 0 amide bonds. The summed E-state index contributed by atoms with van der Waals surface area (Å²) in [7, 11) is 0. The lowest BCUT2D eigenvalue weighted by Gasteiger charge is -2.30. The minimum atomic E-state index is -0.548. The van der Waals surface area contributed by atoms with E-state index in [-0.39, 0.29) is 12.0 Å². The van der Waals surface area contributed by atoms with Crippen molar-refractivity contribution in [3.8, 4) is 0 Å². The Balaban J connectivity index is 1.82. The van der Waals surface area contributed by atoms with Gasteiger partial charge in [0, 0.05) is 17.1 Å². The van der Waals surface area contributed by atoms with Crippen LogP contribution in [0.5, 0.6) is 0 Å². The Morgan fingerprint density at radius 1 is 1.00 bits per heavy atom. The Labute approximate surface area is 189 Å². The van der Waals surface area contributed by atoms with Crippen molar-refractivity contribution in [2.75, 3.05) is 0 Å². The van der Waals surface area contributed by atoms with Gasteiger partial charge in [-0.2, -0.15) is 0 Å². The Morgan fingerprint density at radius 3 is 2.29 bits per heavy atom. The molecule has 31 heavy (non-hydrogen) atoms. The second-order valence-electron chi connectivity index (χ2n) is 8.87. The molecule has 0 bridgehead atoms. The van der Waals surface area contributed by atoms with Gasteiger partial charge >= 0.3 is 5.97 Å². The highest BCUT2D eigenvalue weighted by Gasteiger charge is 2.35. The van der Waals surface area contributed by atoms with Gasteiger partial charge in [0.25, 0.3) is 0 Å². The van der Waals surface area contributed by atoms with Crippen molar-refractivity contribution in [2.24, 2.45) is 0 Å². The van der Waals surface area contributed by atoms with Crippen molar-refractivity contribution in [3.05, 3.63) is 99.9 Å². The summed E-state index contributed by atoms with van der Waals surface area (Å²) in [6.07, 6.45) is 1.83. The number of hydrogen-bond acceptors (Lipinski definition) is 4. The first-order chi connectivity index (χ1) is 14.9. The maximum Gasteiger partial charge on any atom is 0.341 e. The van der Waals surface area contributed by atoms with Crippen LogP contribution in [0.25, 0.3) is 5.57 Å². The number of nitrogens with zero attached hydrogens (tertiary/aromatic N) is 1. The van der Waals surface area contributed by atoms with Gasteiger partial charge in [0.2, 0.25) is 0 Å². The minimum Gasteiger partial charge on any atom is -0.456 e. The Morgan fingerprint density at radius 2 is 1.68 bits per heavy atom. The molecule has 2 aromatic carbocycles. The predicted octanol–water partition coefficient (Wildman–Crippen LogP) is 6.84. The average Bonchev–Trinajstić information content (AvgIpc) is 3.39. The monoisotopic (exact) mass is 431 g/mol. The highest BCUT2D eigenvalue weighted by Crippen LogP contribution is 2.44. The topological polar surface area (TPSA) is 29.5 Å². The third-order valence-corrected chi connectivity index (χ3v) is 6.37. The standard InChI is InChI=1S/C27H29NO2S/c1-27(2,3)30-26(29)25(21-13-8-5-9-14-21)23-17-16-22(24-15-10-18-31-24)28(23)19-20-11-6-4-7-12-20/h4-15,18,22H,16-17,19H2,1-3H3/b25-23+/t22-/m0/s1. The zero-order valence-corrected chi connectivity index (χ0v) is 19.2. The van der Waals surface area contributed by atoms with Crippen molar-refractivity contribution in [1.82, 2.24) is 4.90 Å². The van der Waals surface area contributed by atoms with E-state index in [1.54, 1.807) is 11.3 Å². The molecule has 0 aliphatic carbocycles. The van der Waals surface area contributed by atoms with Gasteiger partial charge < -0.3 is 9.64 Å². The summed E-state index contributed by atoms with van der Waals surface area (Å²) >= 11 is 1.78. The molecule has 2 heterocycles. The SMILES string of the molecule is CC(C)(C)OC(=O)/C(=C1\CC[C@@H](c2cccs2)N1Cc1ccccc1)c1ccccc1. The van der Waals surface area contributed by atoms with Crippen LogP contribution < -0.4 is 0 Å². The fourth-order valence-electron chi connectivity index (χ4n) is 4.13. The van der Waals surface area contributed by atoms with Crippen LogP contribution in [0.4, 0.5) is 0 Å². The number of carbonyl (C=O) groups excluding carboxylic acids is 1. The molecule has 1 saturated heterocycles. The van der Waals surface area contributed by atoms with E-state index in [9.17, 15) is 4.79 Å². The molecule has 1 aliphatic rings. The van der Waals surface area contributed by atoms with E-state index in [4.69, 9.17) is 4.74 Å². The van der Waals surface area contributed by atoms with Gasteiger partial charge in [0.1, 0.15) is 5.60 Å². The lowest BCUT2D eigenvalue weighted by molar-refractivity contribution is -0.147. The first-order valence-electron chi connectivity index (χ1n) is 10.8. The van der Waals surface area contributed by atoms with Crippen LogP contribution in [0.2, 0.25) is 0 Å². The van der Waals surface area contributed by atoms with Crippen LogP contribution in [0.1, 0.15) is 55.7 Å². The fraction of sp³-hybridized carbons (Fsp3) is 0.296. The molecule has 0 unspecified atom stereocenters. The van der Waals surface area contributed by atoms with E-state index in [0.29, 0.717) is 5.57 Å². The molecule has 1 aromatic heterocycles. The quantitative estimate of drug-likeness (QED) is 0.327. The molecule has 0 N–H and O–H groups in total. The predicted molar refractivity (Wildman–Crippen MR) is 127 cm³/mol. The fourth-order valence-corrected chi connectivity index (χ4v) is 5.00. The van der Waals surface area contributed by atoms with E-state index in [1.165, 1.54) is 10.4 Å². The first-order valence-corrected chi connectivity index (χ1v) is 11.7. The molecule has 0 radical (unpaired) electrons. The lowest BCUT2D eigenvalue weighted by atomic mass is 10.0. The first kappa shape index (κ1) is 21.4. The highest BCUT2D eigenvalue weighted by molar-refractivity contribution is 7.10. The van der Waals surface area contributed by atoms with Crippen molar-refractivity contribution >= 4 is 22.9 Å². The van der Waals surface area contributed by atoms with Crippen molar-refractivity contribution in [2.45, 2.75) is 51.8 Å². The zero-order chi connectivity index (χ0) is 21.8. The number of rotatable bonds is 5. The normalized spacial score (nSPS) is 18.2. The Bertz CT molecular complexity index is 1030. The van der Waals surface area contributed by atoms with Gasteiger partial charge in [-0.25, -0.2) is 4.79 Å². The molecule has 4 rings (SSSR count). The number of ether oxygens (including phenoxy) is 1. The van der Waals surface area contributed by atoms with Gasteiger partial charge in [0.15, 0.2) is 0 Å². The summed E-state index contributed by atoms with van der Waals surface area (Å²) in [6, 6.07) is 25.0. The lowest BCUT2D eigenvalue weighted by Crippen LogP contribution is -2.27. The van der Waals surface area contributed by atoms with Gasteiger partial charge in [0.05, 0.1) is 11.6 Å². The van der Waals surface area contributed by atoms with Crippen LogP contribution in [0.3, 0.4) is 0 Å². The number of esters is 1. The summed E-state index contributed by atoms with van der Waals surface area (Å²) in [4.78, 5) is 17.2. The number of benzene rings is 2. The molecule has 3 aromatic rings. The highest BCUT2D eigenvalue weighted by atomic mass is 32.1. The van der Waals surface area contributed by atoms with Gasteiger partial charge in [-0.05, 0) is 56.2 Å². The molecule has 160 valence electrons. The Kier molecular flexibility index (Phi) is 6.28. The third-order valence-electron chi connectivity index (χ3n) is 5.40. The number of likely N-dealkylation sites (tertiary alicyclic amines) is 1. The summed E-state index contributed by atoms with van der Waals surface area (Å²) in [5.41, 5.74) is 3.36. The Hall–Kier alpha value is -2.85. The summed E-state index contributed by atoms with van der Waals surface area (Å²) in [5.74, 6) is -0.251. The second-order valence-corrected chi connectivity index (χ2v) is 9.85. The van der Waals surface area contributed by atoms with Gasteiger partial charge in [-0.1, -0.05) is 66.7 Å². The van der Waals surface area contributed by atoms with E-state index >= 15 is 0 Å². The molecule has 1 fully saturated rings. The van der Waals surface area contributed by atoms with Crippen LogP contribution in [-0.2, 0) is 16.1 Å². The zero-order valence-electron chi connectivity index (χ0n) is 18.4. The van der Waals surface area contributed by atoms with E-state index in [0.717, 1.165) is 30.6 Å². The van der Waals surface area contributed by atoms with Crippen molar-refractivity contribution < 1.29 is 9.53 Å². The number of hydrogen-bond donors (Lipinski definition) is 0. The third kappa shape index (κ3) is 5.08. The smallest absolute Gasteiger partial charge is 0.341 e. The summed E-state index contributed by atoms with van der Waals surface area (Å²) in [6.45, 7) is 6.52. The average molecular weight is 432 g/mol. The van der Waals surface area contributed by atoms with E-state index < -0.39 is 5.60 Å². The van der Waals surface area contributed by atoms with Crippen LogP contribution in [0, 0.1) is 0 Å². The molecule has 1 atom stereocenters. The van der Waals surface area contributed by atoms with Crippen molar-refractivity contribution in [3.63, 3.8) is 0 Å². The minimum absolute atomic E-state index is 0.251. The maximum absolute atomic E-state index is 13.4. The number of allylic oxidation sites excluding steroid dienone is 1. The molecular weight excluding hydrogens is 402 g/mol. The maximum atomic E-state index is 13.4. The summed E-state index contributed by atoms with van der Waals surface area (Å²) in [5, 5.41) is 2.13. The molecule has 3 nitrogen and oxygen atoms in total. The number of thiophene rings is 1. The largest absolute Gasteiger partial charge is 0.456 e. The molecule has 1 aliphatic heterocycles. The summed E-state index contributed by atoms with van der Waals surface area (Å²) < 4.78 is 5.87. The molecule has 0 spiro atoms. The second kappa shape index (κ2) is 9.11.